The maximum atomic E-state index is 11.2. The van der Waals surface area contributed by atoms with Crippen molar-refractivity contribution in [3.05, 3.63) is 15.8 Å². The number of anilines is 1. The zero-order chi connectivity index (χ0) is 15.3. The molecule has 7 nitrogen and oxygen atoms in total. The Morgan fingerprint density at radius 1 is 1.40 bits per heavy atom. The summed E-state index contributed by atoms with van der Waals surface area (Å²) in [4.78, 5) is 13.1. The molecule has 1 rings (SSSR count). The lowest BCUT2D eigenvalue weighted by molar-refractivity contribution is -0.384. The average molecular weight is 283 g/mol. The minimum Gasteiger partial charge on any atom is -0.363 e. The Morgan fingerprint density at radius 2 is 2.00 bits per heavy atom. The quantitative estimate of drug-likeness (QED) is 0.585. The third-order valence-corrected chi connectivity index (χ3v) is 3.34. The summed E-state index contributed by atoms with van der Waals surface area (Å²) in [6.07, 6.45) is 0. The fraction of sp³-hybridized carbons (Fsp3) is 0.769. The molecule has 1 aromatic heterocycles. The van der Waals surface area contributed by atoms with E-state index in [2.05, 4.69) is 29.2 Å². The van der Waals surface area contributed by atoms with Gasteiger partial charge in [-0.25, -0.2) is 4.68 Å². The molecule has 0 saturated heterocycles. The van der Waals surface area contributed by atoms with E-state index in [0.29, 0.717) is 18.1 Å². The summed E-state index contributed by atoms with van der Waals surface area (Å²) >= 11 is 0. The van der Waals surface area contributed by atoms with Crippen molar-refractivity contribution < 1.29 is 4.92 Å². The predicted molar refractivity (Wildman–Crippen MR) is 80.3 cm³/mol. The maximum Gasteiger partial charge on any atom is 0.333 e. The number of rotatable bonds is 8. The fourth-order valence-corrected chi connectivity index (χ4v) is 2.17. The van der Waals surface area contributed by atoms with Gasteiger partial charge in [-0.05, 0) is 33.9 Å². The summed E-state index contributed by atoms with van der Waals surface area (Å²) in [7, 11) is 0. The van der Waals surface area contributed by atoms with Gasteiger partial charge >= 0.3 is 5.69 Å². The monoisotopic (exact) mass is 283 g/mol. The summed E-state index contributed by atoms with van der Waals surface area (Å²) in [5.41, 5.74) is 0.535. The molecule has 1 aromatic rings. The third-order valence-electron chi connectivity index (χ3n) is 3.34. The van der Waals surface area contributed by atoms with Crippen molar-refractivity contribution in [2.75, 3.05) is 31.5 Å². The second kappa shape index (κ2) is 7.23. The Labute approximate surface area is 120 Å². The molecule has 0 fully saturated rings. The van der Waals surface area contributed by atoms with Crippen LogP contribution in [0.1, 0.15) is 39.4 Å². The zero-order valence-electron chi connectivity index (χ0n) is 13.0. The molecule has 0 radical (unpaired) electrons. The SMILES string of the molecule is CCN(CC)CCNc1c([N+](=O)[O-])c(C)nn1C(C)C. The van der Waals surface area contributed by atoms with E-state index in [1.54, 1.807) is 11.6 Å². The Morgan fingerprint density at radius 3 is 2.45 bits per heavy atom. The first-order valence-corrected chi connectivity index (χ1v) is 7.12. The molecule has 0 aliphatic rings. The van der Waals surface area contributed by atoms with Gasteiger partial charge in [0.25, 0.3) is 0 Å². The van der Waals surface area contributed by atoms with Gasteiger partial charge in [0.15, 0.2) is 0 Å². The highest BCUT2D eigenvalue weighted by molar-refractivity contribution is 5.59. The molecule has 1 heterocycles. The zero-order valence-corrected chi connectivity index (χ0v) is 13.0. The maximum absolute atomic E-state index is 11.2. The van der Waals surface area contributed by atoms with Crippen LogP contribution < -0.4 is 5.32 Å². The third kappa shape index (κ3) is 3.69. The second-order valence-electron chi connectivity index (χ2n) is 5.03. The minimum absolute atomic E-state index is 0.0817. The molecule has 0 aliphatic heterocycles. The first kappa shape index (κ1) is 16.4. The highest BCUT2D eigenvalue weighted by Gasteiger charge is 2.26. The predicted octanol–water partition coefficient (Wildman–Crippen LogP) is 2.43. The van der Waals surface area contributed by atoms with Crippen molar-refractivity contribution in [1.82, 2.24) is 14.7 Å². The van der Waals surface area contributed by atoms with Crippen LogP contribution in [0.15, 0.2) is 0 Å². The van der Waals surface area contributed by atoms with Crippen LogP contribution in [0.2, 0.25) is 0 Å². The van der Waals surface area contributed by atoms with Gasteiger partial charge in [0.2, 0.25) is 5.82 Å². The summed E-state index contributed by atoms with van der Waals surface area (Å²) in [6, 6.07) is 0.0818. The highest BCUT2D eigenvalue weighted by atomic mass is 16.6. The van der Waals surface area contributed by atoms with Gasteiger partial charge in [-0.15, -0.1) is 0 Å². The van der Waals surface area contributed by atoms with Crippen LogP contribution in [0, 0.1) is 17.0 Å². The van der Waals surface area contributed by atoms with Crippen molar-refractivity contribution in [2.24, 2.45) is 0 Å². The molecular weight excluding hydrogens is 258 g/mol. The average Bonchev–Trinajstić information content (AvgIpc) is 2.72. The van der Waals surface area contributed by atoms with E-state index in [-0.39, 0.29) is 16.7 Å². The molecule has 0 unspecified atom stereocenters. The van der Waals surface area contributed by atoms with Gasteiger partial charge in [0, 0.05) is 19.1 Å². The lowest BCUT2D eigenvalue weighted by atomic mass is 10.3. The Balaban J connectivity index is 2.89. The van der Waals surface area contributed by atoms with E-state index in [4.69, 9.17) is 0 Å². The second-order valence-corrected chi connectivity index (χ2v) is 5.03. The van der Waals surface area contributed by atoms with E-state index in [9.17, 15) is 10.1 Å². The minimum atomic E-state index is -0.360. The molecule has 0 saturated carbocycles. The Bertz CT molecular complexity index is 452. The molecule has 0 aliphatic carbocycles. The van der Waals surface area contributed by atoms with Crippen molar-refractivity contribution in [3.8, 4) is 0 Å². The number of nitrogens with zero attached hydrogens (tertiary/aromatic N) is 4. The van der Waals surface area contributed by atoms with Crippen molar-refractivity contribution >= 4 is 11.5 Å². The molecule has 0 aromatic carbocycles. The number of aromatic nitrogens is 2. The fourth-order valence-electron chi connectivity index (χ4n) is 2.17. The normalized spacial score (nSPS) is 11.3. The molecule has 1 N–H and O–H groups in total. The summed E-state index contributed by atoms with van der Waals surface area (Å²) in [6.45, 7) is 13.3. The number of aryl methyl sites for hydroxylation is 1. The van der Waals surface area contributed by atoms with Crippen LogP contribution in [0.5, 0.6) is 0 Å². The van der Waals surface area contributed by atoms with E-state index < -0.39 is 0 Å². The largest absolute Gasteiger partial charge is 0.363 e. The molecule has 0 atom stereocenters. The molecule has 7 heteroatoms. The van der Waals surface area contributed by atoms with Crippen LogP contribution >= 0.6 is 0 Å². The summed E-state index contributed by atoms with van der Waals surface area (Å²) in [5.74, 6) is 0.509. The number of likely N-dealkylation sites (N-methyl/N-ethyl adjacent to an activating group) is 1. The van der Waals surface area contributed by atoms with Crippen molar-refractivity contribution in [3.63, 3.8) is 0 Å². The highest BCUT2D eigenvalue weighted by Crippen LogP contribution is 2.30. The molecule has 0 bridgehead atoms. The van der Waals surface area contributed by atoms with E-state index in [1.165, 1.54) is 0 Å². The molecule has 0 amide bonds. The first-order valence-electron chi connectivity index (χ1n) is 7.12. The van der Waals surface area contributed by atoms with E-state index in [1.807, 2.05) is 13.8 Å². The number of nitro groups is 1. The van der Waals surface area contributed by atoms with Crippen molar-refractivity contribution in [1.29, 1.82) is 0 Å². The van der Waals surface area contributed by atoms with Gasteiger partial charge in [-0.2, -0.15) is 5.10 Å². The molecule has 114 valence electrons. The number of hydrogen-bond donors (Lipinski definition) is 1. The molecular formula is C13H25N5O2. The summed E-state index contributed by atoms with van der Waals surface area (Å²) in [5, 5.41) is 18.6. The van der Waals surface area contributed by atoms with Gasteiger partial charge in [0.1, 0.15) is 5.69 Å². The topological polar surface area (TPSA) is 76.2 Å². The number of nitrogens with one attached hydrogen (secondary N) is 1. The molecule has 0 spiro atoms. The van der Waals surface area contributed by atoms with E-state index >= 15 is 0 Å². The van der Waals surface area contributed by atoms with E-state index in [0.717, 1.165) is 19.6 Å². The summed E-state index contributed by atoms with van der Waals surface area (Å²) < 4.78 is 1.69. The standard InChI is InChI=1S/C13H25N5O2/c1-6-16(7-2)9-8-14-13-12(18(19)20)11(5)15-17(13)10(3)4/h10,14H,6-9H2,1-5H3. The first-order chi connectivity index (χ1) is 9.42. The van der Waals surface area contributed by atoms with Crippen LogP contribution in [0.3, 0.4) is 0 Å². The Kier molecular flexibility index (Phi) is 5.94. The van der Waals surface area contributed by atoms with Gasteiger partial charge in [-0.3, -0.25) is 10.1 Å². The van der Waals surface area contributed by atoms with Crippen molar-refractivity contribution in [2.45, 2.75) is 40.7 Å². The lowest BCUT2D eigenvalue weighted by Gasteiger charge is -2.19. The van der Waals surface area contributed by atoms with Crippen LogP contribution in [0.25, 0.3) is 0 Å². The van der Waals surface area contributed by atoms with Crippen LogP contribution in [-0.4, -0.2) is 45.8 Å². The van der Waals surface area contributed by atoms with Crippen LogP contribution in [-0.2, 0) is 0 Å². The van der Waals surface area contributed by atoms with Gasteiger partial charge < -0.3 is 10.2 Å². The lowest BCUT2D eigenvalue weighted by Crippen LogP contribution is -2.29. The smallest absolute Gasteiger partial charge is 0.333 e. The van der Waals surface area contributed by atoms with Gasteiger partial charge in [-0.1, -0.05) is 13.8 Å². The Hall–Kier alpha value is -1.63. The number of hydrogen-bond acceptors (Lipinski definition) is 5. The van der Waals surface area contributed by atoms with Crippen LogP contribution in [0.4, 0.5) is 11.5 Å². The molecule has 20 heavy (non-hydrogen) atoms. The van der Waals surface area contributed by atoms with Gasteiger partial charge in [0.05, 0.1) is 4.92 Å².